The first kappa shape index (κ1) is 18.9. The number of halogens is 2. The molecule has 134 valence electrons. The Balaban J connectivity index is 1.58. The molecular weight excluding hydrogens is 424 g/mol. The van der Waals surface area contributed by atoms with Gasteiger partial charge in [0.1, 0.15) is 4.90 Å². The van der Waals surface area contributed by atoms with Crippen LogP contribution in [0.2, 0.25) is 5.02 Å². The van der Waals surface area contributed by atoms with Crippen molar-refractivity contribution in [2.75, 3.05) is 13.1 Å². The highest BCUT2D eigenvalue weighted by Gasteiger charge is 2.26. The van der Waals surface area contributed by atoms with Crippen LogP contribution in [-0.2, 0) is 16.6 Å². The Morgan fingerprint density at radius 3 is 2.44 bits per heavy atom. The molecule has 4 nitrogen and oxygen atoms in total. The highest BCUT2D eigenvalue weighted by molar-refractivity contribution is 9.10. The molecule has 0 amide bonds. The quantitative estimate of drug-likeness (QED) is 0.758. The maximum absolute atomic E-state index is 12.6. The number of benzene rings is 2. The van der Waals surface area contributed by atoms with E-state index in [2.05, 4.69) is 37.7 Å². The van der Waals surface area contributed by atoms with Crippen molar-refractivity contribution in [1.29, 1.82) is 0 Å². The fraction of sp³-hybridized carbons (Fsp3) is 0.333. The first-order valence-corrected chi connectivity index (χ1v) is 10.8. The van der Waals surface area contributed by atoms with Crippen LogP contribution in [0.3, 0.4) is 0 Å². The zero-order valence-corrected chi connectivity index (χ0v) is 16.8. The molecule has 2 aromatic rings. The number of sulfonamides is 1. The smallest absolute Gasteiger partial charge is 0.242 e. The van der Waals surface area contributed by atoms with Gasteiger partial charge in [-0.2, -0.15) is 0 Å². The van der Waals surface area contributed by atoms with Crippen LogP contribution in [0.4, 0.5) is 0 Å². The topological polar surface area (TPSA) is 49.4 Å². The Morgan fingerprint density at radius 2 is 1.80 bits per heavy atom. The predicted molar refractivity (Wildman–Crippen MR) is 104 cm³/mol. The van der Waals surface area contributed by atoms with E-state index in [1.807, 2.05) is 18.2 Å². The molecule has 0 saturated carbocycles. The molecule has 0 atom stereocenters. The van der Waals surface area contributed by atoms with Crippen LogP contribution in [0.25, 0.3) is 0 Å². The molecule has 0 aliphatic carbocycles. The van der Waals surface area contributed by atoms with Crippen LogP contribution < -0.4 is 4.72 Å². The molecule has 3 rings (SSSR count). The van der Waals surface area contributed by atoms with Crippen LogP contribution in [0.1, 0.15) is 18.4 Å². The lowest BCUT2D eigenvalue weighted by atomic mass is 10.1. The molecule has 1 heterocycles. The Morgan fingerprint density at radius 1 is 1.12 bits per heavy atom. The van der Waals surface area contributed by atoms with Gasteiger partial charge in [-0.3, -0.25) is 4.90 Å². The number of piperidine rings is 1. The number of nitrogens with zero attached hydrogens (tertiary/aromatic N) is 1. The van der Waals surface area contributed by atoms with Gasteiger partial charge >= 0.3 is 0 Å². The second-order valence-electron chi connectivity index (χ2n) is 6.23. The van der Waals surface area contributed by atoms with Crippen molar-refractivity contribution < 1.29 is 8.42 Å². The third-order valence-electron chi connectivity index (χ3n) is 4.34. The number of rotatable bonds is 5. The fourth-order valence-corrected chi connectivity index (χ4v) is 5.37. The second kappa shape index (κ2) is 8.18. The molecule has 0 bridgehead atoms. The summed E-state index contributed by atoms with van der Waals surface area (Å²) in [5.74, 6) is 0. The van der Waals surface area contributed by atoms with E-state index < -0.39 is 10.0 Å². The molecule has 1 N–H and O–H groups in total. The predicted octanol–water partition coefficient (Wildman–Crippen LogP) is 4.05. The first-order valence-electron chi connectivity index (χ1n) is 8.18. The van der Waals surface area contributed by atoms with Crippen molar-refractivity contribution in [3.8, 4) is 0 Å². The van der Waals surface area contributed by atoms with Crippen molar-refractivity contribution in [2.45, 2.75) is 30.3 Å². The highest BCUT2D eigenvalue weighted by atomic mass is 79.9. The number of nitrogens with one attached hydrogen (secondary N) is 1. The maximum atomic E-state index is 12.6. The third-order valence-corrected chi connectivity index (χ3v) is 6.84. The van der Waals surface area contributed by atoms with Crippen molar-refractivity contribution in [1.82, 2.24) is 9.62 Å². The lowest BCUT2D eigenvalue weighted by Gasteiger charge is -2.32. The van der Waals surface area contributed by atoms with Gasteiger partial charge in [0.25, 0.3) is 0 Å². The van der Waals surface area contributed by atoms with E-state index in [0.717, 1.165) is 36.9 Å². The third kappa shape index (κ3) is 5.05. The van der Waals surface area contributed by atoms with E-state index in [0.29, 0.717) is 0 Å². The molecule has 2 aromatic carbocycles. The van der Waals surface area contributed by atoms with Crippen LogP contribution in [0, 0.1) is 0 Å². The van der Waals surface area contributed by atoms with Gasteiger partial charge in [-0.05, 0) is 36.6 Å². The summed E-state index contributed by atoms with van der Waals surface area (Å²) < 4.78 is 28.7. The molecule has 0 unspecified atom stereocenters. The average molecular weight is 444 g/mol. The number of likely N-dealkylation sites (tertiary alicyclic amines) is 1. The lowest BCUT2D eigenvalue weighted by molar-refractivity contribution is 0.200. The second-order valence-corrected chi connectivity index (χ2v) is 9.24. The SMILES string of the molecule is O=S(=O)(NC1CCN(Cc2ccccc2)CC1)c1ccc(Br)cc1Cl. The molecule has 0 aromatic heterocycles. The summed E-state index contributed by atoms with van der Waals surface area (Å²) in [5, 5.41) is 0.225. The van der Waals surface area contributed by atoms with Gasteiger partial charge < -0.3 is 0 Å². The minimum absolute atomic E-state index is 0.0586. The monoisotopic (exact) mass is 442 g/mol. The Bertz CT molecular complexity index is 822. The Labute approximate surface area is 162 Å². The van der Waals surface area contributed by atoms with Crippen molar-refractivity contribution in [3.63, 3.8) is 0 Å². The van der Waals surface area contributed by atoms with Crippen LogP contribution in [0.5, 0.6) is 0 Å². The minimum atomic E-state index is -3.60. The van der Waals surface area contributed by atoms with E-state index >= 15 is 0 Å². The van der Waals surface area contributed by atoms with E-state index in [4.69, 9.17) is 11.6 Å². The maximum Gasteiger partial charge on any atom is 0.242 e. The van der Waals surface area contributed by atoms with Crippen LogP contribution in [0.15, 0.2) is 57.9 Å². The summed E-state index contributed by atoms with van der Waals surface area (Å²) in [4.78, 5) is 2.48. The molecule has 1 fully saturated rings. The van der Waals surface area contributed by atoms with E-state index in [1.165, 1.54) is 11.6 Å². The van der Waals surface area contributed by atoms with E-state index in [-0.39, 0.29) is 16.0 Å². The van der Waals surface area contributed by atoms with E-state index in [1.54, 1.807) is 12.1 Å². The van der Waals surface area contributed by atoms with E-state index in [9.17, 15) is 8.42 Å². The first-order chi connectivity index (χ1) is 11.9. The number of hydrogen-bond acceptors (Lipinski definition) is 3. The van der Waals surface area contributed by atoms with Gasteiger partial charge in [0.2, 0.25) is 10.0 Å². The molecule has 0 radical (unpaired) electrons. The minimum Gasteiger partial charge on any atom is -0.299 e. The Hall–Kier alpha value is -0.920. The van der Waals surface area contributed by atoms with Crippen molar-refractivity contribution in [3.05, 3.63) is 63.6 Å². The van der Waals surface area contributed by atoms with Gasteiger partial charge in [0, 0.05) is 30.1 Å². The lowest BCUT2D eigenvalue weighted by Crippen LogP contribution is -2.44. The van der Waals surface area contributed by atoms with Gasteiger partial charge in [-0.15, -0.1) is 0 Å². The summed E-state index contributed by atoms with van der Waals surface area (Å²) in [5.41, 5.74) is 1.28. The molecule has 0 spiro atoms. The molecule has 25 heavy (non-hydrogen) atoms. The summed E-state index contributed by atoms with van der Waals surface area (Å²) >= 11 is 9.38. The summed E-state index contributed by atoms with van der Waals surface area (Å²) in [6.45, 7) is 2.64. The van der Waals surface area contributed by atoms with Gasteiger partial charge in [-0.25, -0.2) is 13.1 Å². The standard InChI is InChI=1S/C18H20BrClN2O2S/c19-15-6-7-18(17(20)12-15)25(23,24)21-16-8-10-22(11-9-16)13-14-4-2-1-3-5-14/h1-7,12,16,21H,8-11,13H2. The summed E-state index contributed by atoms with van der Waals surface area (Å²) in [6.07, 6.45) is 1.58. The summed E-state index contributed by atoms with van der Waals surface area (Å²) in [7, 11) is -3.60. The van der Waals surface area contributed by atoms with Gasteiger partial charge in [0.05, 0.1) is 5.02 Å². The summed E-state index contributed by atoms with van der Waals surface area (Å²) in [6, 6.07) is 15.1. The highest BCUT2D eigenvalue weighted by Crippen LogP contribution is 2.26. The van der Waals surface area contributed by atoms with Crippen molar-refractivity contribution in [2.24, 2.45) is 0 Å². The van der Waals surface area contributed by atoms with Gasteiger partial charge in [-0.1, -0.05) is 57.9 Å². The average Bonchev–Trinajstić information content (AvgIpc) is 2.57. The number of hydrogen-bond donors (Lipinski definition) is 1. The molecule has 1 aliphatic rings. The van der Waals surface area contributed by atoms with Crippen molar-refractivity contribution >= 4 is 37.6 Å². The zero-order valence-electron chi connectivity index (χ0n) is 13.7. The fourth-order valence-electron chi connectivity index (χ4n) is 3.03. The van der Waals surface area contributed by atoms with Gasteiger partial charge in [0.15, 0.2) is 0 Å². The van der Waals surface area contributed by atoms with Crippen LogP contribution in [-0.4, -0.2) is 32.4 Å². The molecule has 7 heteroatoms. The molecular formula is C18H20BrClN2O2S. The van der Waals surface area contributed by atoms with Crippen LogP contribution >= 0.6 is 27.5 Å². The Kier molecular flexibility index (Phi) is 6.17. The molecule has 1 aliphatic heterocycles. The largest absolute Gasteiger partial charge is 0.299 e. The normalized spacial score (nSPS) is 16.9. The molecule has 1 saturated heterocycles. The zero-order chi connectivity index (χ0) is 17.9.